The smallest absolute Gasteiger partial charge is 0.234 e. The first kappa shape index (κ1) is 19.8. The van der Waals surface area contributed by atoms with Crippen LogP contribution in [0.3, 0.4) is 0 Å². The van der Waals surface area contributed by atoms with Gasteiger partial charge in [0.05, 0.1) is 12.0 Å². The summed E-state index contributed by atoms with van der Waals surface area (Å²) >= 11 is 4.98. The zero-order valence-corrected chi connectivity index (χ0v) is 17.3. The Morgan fingerprint density at radius 3 is 2.28 bits per heavy atom. The quantitative estimate of drug-likeness (QED) is 0.658. The molecule has 5 nitrogen and oxygen atoms in total. The van der Waals surface area contributed by atoms with Crippen LogP contribution < -0.4 is 10.0 Å². The average Bonchev–Trinajstić information content (AvgIpc) is 2.50. The van der Waals surface area contributed by atoms with Gasteiger partial charge in [-0.05, 0) is 61.4 Å². The molecule has 25 heavy (non-hydrogen) atoms. The number of nitrogens with one attached hydrogen (secondary N) is 2. The van der Waals surface area contributed by atoms with Crippen LogP contribution in [0.2, 0.25) is 0 Å². The Morgan fingerprint density at radius 1 is 1.08 bits per heavy atom. The number of thioether (sulfide) groups is 1. The average molecular weight is 443 g/mol. The first-order valence-corrected chi connectivity index (χ1v) is 11.1. The molecule has 134 valence electrons. The largest absolute Gasteiger partial charge is 0.325 e. The Kier molecular flexibility index (Phi) is 6.53. The first-order valence-electron chi connectivity index (χ1n) is 7.41. The van der Waals surface area contributed by atoms with Crippen LogP contribution in [-0.4, -0.2) is 26.3 Å². The molecule has 0 bridgehead atoms. The minimum atomic E-state index is -3.31. The molecule has 1 amide bonds. The fraction of sp³-hybridized carbons (Fsp3) is 0.235. The zero-order valence-electron chi connectivity index (χ0n) is 14.1. The van der Waals surface area contributed by atoms with E-state index >= 15 is 0 Å². The number of hydrogen-bond donors (Lipinski definition) is 2. The number of hydrogen-bond acceptors (Lipinski definition) is 4. The molecule has 0 atom stereocenters. The highest BCUT2D eigenvalue weighted by atomic mass is 79.9. The lowest BCUT2D eigenvalue weighted by atomic mass is 10.2. The number of benzene rings is 2. The van der Waals surface area contributed by atoms with E-state index in [4.69, 9.17) is 0 Å². The van der Waals surface area contributed by atoms with Crippen LogP contribution in [0.15, 0.2) is 45.8 Å². The van der Waals surface area contributed by atoms with Gasteiger partial charge < -0.3 is 5.32 Å². The first-order chi connectivity index (χ1) is 11.6. The molecule has 0 unspecified atom stereocenters. The molecule has 2 aromatic rings. The standard InChI is InChI=1S/C17H19BrN2O3S2/c1-11-9-16(12(2)8-15(11)18)24-10-17(21)19-13-4-6-14(7-5-13)20-25(3,22)23/h4-9,20H,10H2,1-3H3,(H,19,21). The highest BCUT2D eigenvalue weighted by Gasteiger charge is 2.08. The molecule has 0 aromatic heterocycles. The van der Waals surface area contributed by atoms with E-state index in [0.717, 1.165) is 26.8 Å². The van der Waals surface area contributed by atoms with Crippen LogP contribution in [0.25, 0.3) is 0 Å². The maximum atomic E-state index is 12.1. The van der Waals surface area contributed by atoms with E-state index in [2.05, 4.69) is 32.0 Å². The second kappa shape index (κ2) is 8.25. The van der Waals surface area contributed by atoms with E-state index in [0.29, 0.717) is 17.1 Å². The van der Waals surface area contributed by atoms with E-state index in [1.807, 2.05) is 19.9 Å². The van der Waals surface area contributed by atoms with Gasteiger partial charge in [0, 0.05) is 20.7 Å². The number of halogens is 1. The second-order valence-corrected chi connectivity index (χ2v) is 9.28. The van der Waals surface area contributed by atoms with Crippen molar-refractivity contribution >= 4 is 55.0 Å². The summed E-state index contributed by atoms with van der Waals surface area (Å²) in [5.41, 5.74) is 3.32. The van der Waals surface area contributed by atoms with Crippen molar-refractivity contribution in [3.8, 4) is 0 Å². The SMILES string of the molecule is Cc1cc(SCC(=O)Nc2ccc(NS(C)(=O)=O)cc2)c(C)cc1Br. The third-order valence-electron chi connectivity index (χ3n) is 3.29. The Balaban J connectivity index is 1.93. The molecule has 8 heteroatoms. The molecule has 2 rings (SSSR count). The van der Waals surface area contributed by atoms with Crippen LogP contribution >= 0.6 is 27.7 Å². The molecule has 0 saturated heterocycles. The summed E-state index contributed by atoms with van der Waals surface area (Å²) in [7, 11) is -3.31. The monoisotopic (exact) mass is 442 g/mol. The molecule has 0 aliphatic heterocycles. The third kappa shape index (κ3) is 6.37. The number of carbonyl (C=O) groups excluding carboxylic acids is 1. The van der Waals surface area contributed by atoms with Crippen molar-refractivity contribution in [2.45, 2.75) is 18.7 Å². The molecular formula is C17H19BrN2O3S2. The maximum absolute atomic E-state index is 12.1. The zero-order chi connectivity index (χ0) is 18.6. The van der Waals surface area contributed by atoms with Gasteiger partial charge in [0.25, 0.3) is 0 Å². The fourth-order valence-corrected chi connectivity index (χ4v) is 4.01. The topological polar surface area (TPSA) is 75.3 Å². The highest BCUT2D eigenvalue weighted by molar-refractivity contribution is 9.10. The third-order valence-corrected chi connectivity index (χ3v) is 5.91. The molecule has 0 fully saturated rings. The molecule has 0 aliphatic rings. The summed E-state index contributed by atoms with van der Waals surface area (Å²) in [6, 6.07) is 10.6. The van der Waals surface area contributed by atoms with Gasteiger partial charge in [0.15, 0.2) is 0 Å². The van der Waals surface area contributed by atoms with Crippen molar-refractivity contribution < 1.29 is 13.2 Å². The molecular weight excluding hydrogens is 424 g/mol. The van der Waals surface area contributed by atoms with Crippen LogP contribution in [0.1, 0.15) is 11.1 Å². The molecule has 2 aromatic carbocycles. The Hall–Kier alpha value is -1.51. The number of rotatable bonds is 6. The molecule has 0 saturated carbocycles. The predicted molar refractivity (Wildman–Crippen MR) is 108 cm³/mol. The van der Waals surface area contributed by atoms with Crippen molar-refractivity contribution in [2.24, 2.45) is 0 Å². The molecule has 0 aliphatic carbocycles. The van der Waals surface area contributed by atoms with Crippen molar-refractivity contribution in [3.63, 3.8) is 0 Å². The van der Waals surface area contributed by atoms with E-state index in [-0.39, 0.29) is 5.91 Å². The van der Waals surface area contributed by atoms with Gasteiger partial charge in [-0.2, -0.15) is 0 Å². The number of amides is 1. The van der Waals surface area contributed by atoms with Crippen LogP contribution in [0.5, 0.6) is 0 Å². The summed E-state index contributed by atoms with van der Waals surface area (Å²) in [4.78, 5) is 13.2. The molecule has 0 radical (unpaired) electrons. The van der Waals surface area contributed by atoms with Crippen LogP contribution in [-0.2, 0) is 14.8 Å². The summed E-state index contributed by atoms with van der Waals surface area (Å²) in [5, 5.41) is 2.80. The summed E-state index contributed by atoms with van der Waals surface area (Å²) < 4.78 is 25.8. The lowest BCUT2D eigenvalue weighted by Gasteiger charge is -2.10. The van der Waals surface area contributed by atoms with Gasteiger partial charge in [-0.15, -0.1) is 11.8 Å². The summed E-state index contributed by atoms with van der Waals surface area (Å²) in [6.07, 6.45) is 1.09. The van der Waals surface area contributed by atoms with Gasteiger partial charge in [0.2, 0.25) is 15.9 Å². The number of sulfonamides is 1. The Bertz CT molecular complexity index is 882. The van der Waals surface area contributed by atoms with Gasteiger partial charge in [-0.3, -0.25) is 9.52 Å². The van der Waals surface area contributed by atoms with E-state index in [1.165, 1.54) is 11.8 Å². The molecule has 0 spiro atoms. The van der Waals surface area contributed by atoms with Crippen molar-refractivity contribution in [2.75, 3.05) is 22.0 Å². The summed E-state index contributed by atoms with van der Waals surface area (Å²) in [5.74, 6) is 0.180. The highest BCUT2D eigenvalue weighted by Crippen LogP contribution is 2.28. The van der Waals surface area contributed by atoms with Crippen molar-refractivity contribution in [3.05, 3.63) is 52.0 Å². The Morgan fingerprint density at radius 2 is 1.68 bits per heavy atom. The van der Waals surface area contributed by atoms with Crippen LogP contribution in [0, 0.1) is 13.8 Å². The van der Waals surface area contributed by atoms with E-state index < -0.39 is 10.0 Å². The maximum Gasteiger partial charge on any atom is 0.234 e. The molecule has 2 N–H and O–H groups in total. The number of anilines is 2. The Labute approximate surface area is 160 Å². The number of aryl methyl sites for hydroxylation is 2. The van der Waals surface area contributed by atoms with Gasteiger partial charge in [0.1, 0.15) is 0 Å². The molecule has 0 heterocycles. The van der Waals surface area contributed by atoms with Gasteiger partial charge >= 0.3 is 0 Å². The van der Waals surface area contributed by atoms with Crippen molar-refractivity contribution in [1.82, 2.24) is 0 Å². The van der Waals surface area contributed by atoms with Gasteiger partial charge in [-0.25, -0.2) is 8.42 Å². The minimum Gasteiger partial charge on any atom is -0.325 e. The van der Waals surface area contributed by atoms with Crippen LogP contribution in [0.4, 0.5) is 11.4 Å². The number of carbonyl (C=O) groups is 1. The van der Waals surface area contributed by atoms with Gasteiger partial charge in [-0.1, -0.05) is 15.9 Å². The normalized spacial score (nSPS) is 11.2. The lowest BCUT2D eigenvalue weighted by molar-refractivity contribution is -0.113. The summed E-state index contributed by atoms with van der Waals surface area (Å²) in [6.45, 7) is 4.03. The van der Waals surface area contributed by atoms with E-state index in [9.17, 15) is 13.2 Å². The minimum absolute atomic E-state index is 0.117. The van der Waals surface area contributed by atoms with E-state index in [1.54, 1.807) is 24.3 Å². The predicted octanol–water partition coefficient (Wildman–Crippen LogP) is 4.17. The van der Waals surface area contributed by atoms with Crippen molar-refractivity contribution in [1.29, 1.82) is 0 Å². The fourth-order valence-electron chi connectivity index (χ4n) is 2.09. The second-order valence-electron chi connectivity index (χ2n) is 5.66. The lowest BCUT2D eigenvalue weighted by Crippen LogP contribution is -2.14.